The molecule has 24 heavy (non-hydrogen) atoms. The maximum absolute atomic E-state index is 12.7. The van der Waals surface area contributed by atoms with Crippen LogP contribution in [0.5, 0.6) is 0 Å². The summed E-state index contributed by atoms with van der Waals surface area (Å²) in [5.41, 5.74) is 0. The molecule has 0 spiro atoms. The zero-order chi connectivity index (χ0) is 17.5. The highest BCUT2D eigenvalue weighted by atomic mass is 32.1. The van der Waals surface area contributed by atoms with Crippen LogP contribution in [-0.4, -0.2) is 60.2 Å². The molecule has 1 aliphatic rings. The van der Waals surface area contributed by atoms with Crippen molar-refractivity contribution in [1.82, 2.24) is 15.1 Å². The van der Waals surface area contributed by atoms with Crippen molar-refractivity contribution >= 4 is 29.1 Å². The van der Waals surface area contributed by atoms with Crippen LogP contribution in [0.2, 0.25) is 0 Å². The van der Waals surface area contributed by atoms with Crippen LogP contribution in [0.25, 0.3) is 0 Å². The van der Waals surface area contributed by atoms with Crippen molar-refractivity contribution in [3.63, 3.8) is 0 Å². The Morgan fingerprint density at radius 2 is 2.17 bits per heavy atom. The first kappa shape index (κ1) is 18.4. The van der Waals surface area contributed by atoms with Crippen molar-refractivity contribution in [3.05, 3.63) is 22.4 Å². The summed E-state index contributed by atoms with van der Waals surface area (Å²) in [5, 5.41) is 4.60. The van der Waals surface area contributed by atoms with Gasteiger partial charge in [0.1, 0.15) is 0 Å². The molecular weight excluding hydrogens is 326 g/mol. The fourth-order valence-corrected chi connectivity index (χ4v) is 3.64. The fraction of sp³-hybridized carbons (Fsp3) is 0.588. The number of amides is 3. The van der Waals surface area contributed by atoms with Crippen LogP contribution in [-0.2, 0) is 9.59 Å². The van der Waals surface area contributed by atoms with Crippen LogP contribution in [0.4, 0.5) is 0 Å². The van der Waals surface area contributed by atoms with E-state index < -0.39 is 0 Å². The third-order valence-electron chi connectivity index (χ3n) is 4.19. The molecule has 2 rings (SSSR count). The molecule has 1 N–H and O–H groups in total. The molecular formula is C17H25N3O3S. The Hall–Kier alpha value is -1.89. The van der Waals surface area contributed by atoms with Gasteiger partial charge in [-0.15, -0.1) is 11.3 Å². The van der Waals surface area contributed by atoms with Gasteiger partial charge in [-0.3, -0.25) is 14.4 Å². The molecule has 1 atom stereocenters. The van der Waals surface area contributed by atoms with Crippen LogP contribution in [0.3, 0.4) is 0 Å². The molecule has 0 radical (unpaired) electrons. The highest BCUT2D eigenvalue weighted by Gasteiger charge is 2.32. The largest absolute Gasteiger partial charge is 0.355 e. The van der Waals surface area contributed by atoms with Crippen molar-refractivity contribution in [3.8, 4) is 0 Å². The highest BCUT2D eigenvalue weighted by molar-refractivity contribution is 7.12. The third kappa shape index (κ3) is 4.56. The average molecular weight is 351 g/mol. The zero-order valence-corrected chi connectivity index (χ0v) is 15.1. The van der Waals surface area contributed by atoms with Crippen molar-refractivity contribution in [2.75, 3.05) is 32.7 Å². The first-order valence-corrected chi connectivity index (χ1v) is 9.33. The van der Waals surface area contributed by atoms with Gasteiger partial charge in [0.05, 0.1) is 17.3 Å². The number of hydrogen-bond donors (Lipinski definition) is 1. The molecule has 1 fully saturated rings. The van der Waals surface area contributed by atoms with E-state index >= 15 is 0 Å². The maximum atomic E-state index is 12.7. The minimum Gasteiger partial charge on any atom is -0.355 e. The summed E-state index contributed by atoms with van der Waals surface area (Å²) < 4.78 is 0. The predicted molar refractivity (Wildman–Crippen MR) is 93.9 cm³/mol. The van der Waals surface area contributed by atoms with Crippen LogP contribution in [0, 0.1) is 5.92 Å². The molecule has 7 heteroatoms. The second kappa shape index (κ2) is 8.82. The molecule has 1 aliphatic heterocycles. The molecule has 1 aromatic rings. The molecule has 0 aromatic carbocycles. The van der Waals surface area contributed by atoms with Crippen molar-refractivity contribution in [2.45, 2.75) is 26.7 Å². The Bertz CT molecular complexity index is 574. The second-order valence-electron chi connectivity index (χ2n) is 5.87. The van der Waals surface area contributed by atoms with E-state index in [2.05, 4.69) is 5.32 Å². The molecule has 132 valence electrons. The molecule has 6 nitrogen and oxygen atoms in total. The summed E-state index contributed by atoms with van der Waals surface area (Å²) in [7, 11) is 0. The van der Waals surface area contributed by atoms with Crippen LogP contribution >= 0.6 is 11.3 Å². The highest BCUT2D eigenvalue weighted by Crippen LogP contribution is 2.22. The average Bonchev–Trinajstić information content (AvgIpc) is 3.13. The summed E-state index contributed by atoms with van der Waals surface area (Å²) in [5.74, 6) is -0.409. The molecule has 1 saturated heterocycles. The van der Waals surface area contributed by atoms with Gasteiger partial charge in [0.25, 0.3) is 5.91 Å². The lowest BCUT2D eigenvalue weighted by Gasteiger charge is -2.34. The minimum atomic E-state index is -0.225. The Labute approximate surface area is 146 Å². The molecule has 3 amide bonds. The smallest absolute Gasteiger partial charge is 0.263 e. The number of nitrogens with zero attached hydrogens (tertiary/aromatic N) is 2. The summed E-state index contributed by atoms with van der Waals surface area (Å²) in [6.07, 6.45) is 1.57. The Kier molecular flexibility index (Phi) is 6.78. The number of hydrogen-bond acceptors (Lipinski definition) is 4. The fourth-order valence-electron chi connectivity index (χ4n) is 2.95. The number of likely N-dealkylation sites (tertiary alicyclic amines) is 1. The van der Waals surface area contributed by atoms with Gasteiger partial charge < -0.3 is 15.1 Å². The Morgan fingerprint density at radius 3 is 2.79 bits per heavy atom. The summed E-state index contributed by atoms with van der Waals surface area (Å²) in [6.45, 7) is 5.96. The van der Waals surface area contributed by atoms with Crippen LogP contribution in [0.1, 0.15) is 36.4 Å². The second-order valence-corrected chi connectivity index (χ2v) is 6.82. The molecule has 0 saturated carbocycles. The molecule has 0 bridgehead atoms. The first-order chi connectivity index (χ1) is 11.6. The third-order valence-corrected chi connectivity index (χ3v) is 5.05. The van der Waals surface area contributed by atoms with E-state index in [4.69, 9.17) is 0 Å². The van der Waals surface area contributed by atoms with Crippen LogP contribution < -0.4 is 5.32 Å². The number of nitrogens with one attached hydrogen (secondary N) is 1. The minimum absolute atomic E-state index is 0.00530. The Balaban J connectivity index is 1.98. The Morgan fingerprint density at radius 1 is 1.38 bits per heavy atom. The first-order valence-electron chi connectivity index (χ1n) is 8.45. The van der Waals surface area contributed by atoms with E-state index in [0.717, 1.165) is 12.8 Å². The molecule has 2 heterocycles. The van der Waals surface area contributed by atoms with E-state index in [9.17, 15) is 14.4 Å². The van der Waals surface area contributed by atoms with Gasteiger partial charge in [0.2, 0.25) is 11.8 Å². The van der Waals surface area contributed by atoms with E-state index in [0.29, 0.717) is 31.1 Å². The standard InChI is InChI=1S/C17H25N3O3S/c1-3-18-15(21)12-19(4-2)16(22)13-7-5-9-20(11-13)17(23)14-8-6-10-24-14/h6,8,10,13H,3-5,7,9,11-12H2,1-2H3,(H,18,21). The molecule has 0 aliphatic carbocycles. The predicted octanol–water partition coefficient (Wildman–Crippen LogP) is 1.58. The SMILES string of the molecule is CCNC(=O)CN(CC)C(=O)C1CCCN(C(=O)c2cccs2)C1. The van der Waals surface area contributed by atoms with Crippen molar-refractivity contribution in [1.29, 1.82) is 0 Å². The van der Waals surface area contributed by atoms with Gasteiger partial charge in [-0.05, 0) is 38.1 Å². The normalized spacial score (nSPS) is 17.4. The van der Waals surface area contributed by atoms with E-state index in [1.54, 1.807) is 9.80 Å². The number of thiophene rings is 1. The van der Waals surface area contributed by atoms with E-state index in [-0.39, 0.29) is 30.2 Å². The van der Waals surface area contributed by atoms with Crippen LogP contribution in [0.15, 0.2) is 17.5 Å². The zero-order valence-electron chi connectivity index (χ0n) is 14.3. The summed E-state index contributed by atoms with van der Waals surface area (Å²) >= 11 is 1.42. The number of carbonyl (C=O) groups is 3. The van der Waals surface area contributed by atoms with Gasteiger partial charge in [-0.2, -0.15) is 0 Å². The van der Waals surface area contributed by atoms with E-state index in [1.165, 1.54) is 11.3 Å². The topological polar surface area (TPSA) is 69.7 Å². The van der Waals surface area contributed by atoms with Gasteiger partial charge in [0.15, 0.2) is 0 Å². The van der Waals surface area contributed by atoms with E-state index in [1.807, 2.05) is 31.4 Å². The van der Waals surface area contributed by atoms with Crippen molar-refractivity contribution in [2.24, 2.45) is 5.92 Å². The van der Waals surface area contributed by atoms with Gasteiger partial charge in [0, 0.05) is 26.2 Å². The molecule has 1 unspecified atom stereocenters. The lowest BCUT2D eigenvalue weighted by atomic mass is 9.96. The number of likely N-dealkylation sites (N-methyl/N-ethyl adjacent to an activating group) is 2. The van der Waals surface area contributed by atoms with Crippen molar-refractivity contribution < 1.29 is 14.4 Å². The lowest BCUT2D eigenvalue weighted by molar-refractivity contribution is -0.140. The lowest BCUT2D eigenvalue weighted by Crippen LogP contribution is -2.48. The number of piperidine rings is 1. The van der Waals surface area contributed by atoms with Gasteiger partial charge in [-0.1, -0.05) is 6.07 Å². The summed E-state index contributed by atoms with van der Waals surface area (Å²) in [6, 6.07) is 3.67. The summed E-state index contributed by atoms with van der Waals surface area (Å²) in [4.78, 5) is 41.0. The number of carbonyl (C=O) groups excluding carboxylic acids is 3. The number of rotatable bonds is 6. The monoisotopic (exact) mass is 351 g/mol. The maximum Gasteiger partial charge on any atom is 0.263 e. The van der Waals surface area contributed by atoms with Gasteiger partial charge >= 0.3 is 0 Å². The van der Waals surface area contributed by atoms with Gasteiger partial charge in [-0.25, -0.2) is 0 Å². The molecule has 1 aromatic heterocycles. The quantitative estimate of drug-likeness (QED) is 0.846.